The maximum absolute atomic E-state index is 12.2. The summed E-state index contributed by atoms with van der Waals surface area (Å²) in [5.41, 5.74) is 1.28. The highest BCUT2D eigenvalue weighted by molar-refractivity contribution is 6.62. The highest BCUT2D eigenvalue weighted by Gasteiger charge is 2.51. The first kappa shape index (κ1) is 16.9. The molecule has 0 radical (unpaired) electrons. The van der Waals surface area contributed by atoms with E-state index in [1.807, 2.05) is 45.9 Å². The van der Waals surface area contributed by atoms with E-state index in [2.05, 4.69) is 4.98 Å². The minimum atomic E-state index is -0.477. The van der Waals surface area contributed by atoms with E-state index < -0.39 is 18.3 Å². The maximum Gasteiger partial charge on any atom is 0.494 e. The van der Waals surface area contributed by atoms with Gasteiger partial charge in [0.05, 0.1) is 28.9 Å². The molecule has 6 heteroatoms. The molecule has 1 aliphatic heterocycles. The van der Waals surface area contributed by atoms with Gasteiger partial charge in [-0.15, -0.1) is 0 Å². The van der Waals surface area contributed by atoms with E-state index >= 15 is 0 Å². The van der Waals surface area contributed by atoms with Crippen molar-refractivity contribution in [3.05, 3.63) is 36.0 Å². The minimum absolute atomic E-state index is 0.333. The Morgan fingerprint density at radius 1 is 1.17 bits per heavy atom. The molecule has 0 N–H and O–H groups in total. The van der Waals surface area contributed by atoms with Crippen molar-refractivity contribution < 1.29 is 18.8 Å². The number of hydrogen-bond donors (Lipinski definition) is 0. The van der Waals surface area contributed by atoms with Gasteiger partial charge in [0.25, 0.3) is 0 Å². The molecule has 1 saturated heterocycles. The monoisotopic (exact) mass is 327 g/mol. The van der Waals surface area contributed by atoms with E-state index in [1.54, 1.807) is 19.2 Å². The fourth-order valence-electron chi connectivity index (χ4n) is 2.68. The minimum Gasteiger partial charge on any atom is -0.462 e. The normalized spacial score (nSPS) is 18.8. The van der Waals surface area contributed by atoms with E-state index in [0.29, 0.717) is 12.2 Å². The molecule has 0 amide bonds. The van der Waals surface area contributed by atoms with E-state index in [9.17, 15) is 4.79 Å². The van der Waals surface area contributed by atoms with E-state index in [1.165, 1.54) is 0 Å². The second-order valence-electron chi connectivity index (χ2n) is 6.94. The van der Waals surface area contributed by atoms with Crippen molar-refractivity contribution in [2.24, 2.45) is 0 Å². The molecule has 1 fully saturated rings. The SMILES string of the molecule is CCOC(=O)c1ccnc2ccc(B3OC(C)(C)C(C)(C)O3)cc12. The lowest BCUT2D eigenvalue weighted by Gasteiger charge is -2.32. The predicted molar refractivity (Wildman–Crippen MR) is 93.4 cm³/mol. The molecule has 1 aliphatic rings. The number of benzene rings is 1. The van der Waals surface area contributed by atoms with Crippen molar-refractivity contribution in [3.63, 3.8) is 0 Å². The molecular weight excluding hydrogens is 305 g/mol. The van der Waals surface area contributed by atoms with Crippen LogP contribution < -0.4 is 5.46 Å². The first-order valence-corrected chi connectivity index (χ1v) is 8.16. The summed E-state index contributed by atoms with van der Waals surface area (Å²) in [5, 5.41) is 0.739. The molecule has 5 nitrogen and oxygen atoms in total. The van der Waals surface area contributed by atoms with Gasteiger partial charge in [0, 0.05) is 11.6 Å². The molecule has 1 aromatic heterocycles. The molecule has 0 spiro atoms. The number of esters is 1. The van der Waals surface area contributed by atoms with E-state index in [0.717, 1.165) is 16.4 Å². The highest BCUT2D eigenvalue weighted by atomic mass is 16.7. The van der Waals surface area contributed by atoms with Crippen LogP contribution in [0.2, 0.25) is 0 Å². The number of hydrogen-bond acceptors (Lipinski definition) is 5. The van der Waals surface area contributed by atoms with Crippen LogP contribution in [0.25, 0.3) is 10.9 Å². The number of aromatic nitrogens is 1. The van der Waals surface area contributed by atoms with Crippen LogP contribution >= 0.6 is 0 Å². The Morgan fingerprint density at radius 2 is 1.83 bits per heavy atom. The molecule has 1 aromatic carbocycles. The molecule has 0 bridgehead atoms. The number of fused-ring (bicyclic) bond motifs is 1. The summed E-state index contributed by atoms with van der Waals surface area (Å²) in [4.78, 5) is 16.5. The van der Waals surface area contributed by atoms with Gasteiger partial charge in [0.1, 0.15) is 0 Å². The van der Waals surface area contributed by atoms with Gasteiger partial charge in [-0.1, -0.05) is 12.1 Å². The summed E-state index contributed by atoms with van der Waals surface area (Å²) in [7, 11) is -0.477. The smallest absolute Gasteiger partial charge is 0.462 e. The van der Waals surface area contributed by atoms with Crippen molar-refractivity contribution in [1.82, 2.24) is 4.98 Å². The van der Waals surface area contributed by atoms with Crippen LogP contribution in [0.15, 0.2) is 30.5 Å². The Hall–Kier alpha value is -1.92. The first-order chi connectivity index (χ1) is 11.2. The van der Waals surface area contributed by atoms with Gasteiger partial charge >= 0.3 is 13.1 Å². The van der Waals surface area contributed by atoms with Gasteiger partial charge in [-0.2, -0.15) is 0 Å². The highest BCUT2D eigenvalue weighted by Crippen LogP contribution is 2.36. The molecule has 2 aromatic rings. The standard InChI is InChI=1S/C18H22BNO4/c1-6-22-16(21)13-9-10-20-15-8-7-12(11-14(13)15)19-23-17(2,3)18(4,5)24-19/h7-11H,6H2,1-5H3. The van der Waals surface area contributed by atoms with Gasteiger partial charge in [-0.05, 0) is 52.2 Å². The van der Waals surface area contributed by atoms with Crippen molar-refractivity contribution in [2.75, 3.05) is 6.61 Å². The Balaban J connectivity index is 2.03. The van der Waals surface area contributed by atoms with Gasteiger partial charge in [0.15, 0.2) is 0 Å². The van der Waals surface area contributed by atoms with E-state index in [-0.39, 0.29) is 5.97 Å². The summed E-state index contributed by atoms with van der Waals surface area (Å²) >= 11 is 0. The Labute approximate surface area is 142 Å². The van der Waals surface area contributed by atoms with Crippen LogP contribution in [0.1, 0.15) is 45.0 Å². The second-order valence-corrected chi connectivity index (χ2v) is 6.94. The Morgan fingerprint density at radius 3 is 2.46 bits per heavy atom. The predicted octanol–water partition coefficient (Wildman–Crippen LogP) is 2.71. The summed E-state index contributed by atoms with van der Waals surface area (Å²) in [6, 6.07) is 7.37. The average Bonchev–Trinajstić information content (AvgIpc) is 2.74. The van der Waals surface area contributed by atoms with E-state index in [4.69, 9.17) is 14.0 Å². The summed E-state index contributed by atoms with van der Waals surface area (Å²) < 4.78 is 17.3. The van der Waals surface area contributed by atoms with Crippen molar-refractivity contribution in [3.8, 4) is 0 Å². The third-order valence-electron chi connectivity index (χ3n) is 4.79. The van der Waals surface area contributed by atoms with Gasteiger partial charge in [-0.3, -0.25) is 4.98 Å². The van der Waals surface area contributed by atoms with Crippen LogP contribution in [0.3, 0.4) is 0 Å². The molecule has 0 aliphatic carbocycles. The van der Waals surface area contributed by atoms with Crippen LogP contribution in [-0.4, -0.2) is 35.9 Å². The van der Waals surface area contributed by atoms with Crippen molar-refractivity contribution in [2.45, 2.75) is 45.8 Å². The number of carbonyl (C=O) groups is 1. The average molecular weight is 327 g/mol. The lowest BCUT2D eigenvalue weighted by atomic mass is 9.78. The molecule has 0 saturated carbocycles. The number of pyridine rings is 1. The zero-order valence-electron chi connectivity index (χ0n) is 14.8. The molecule has 0 atom stereocenters. The number of carbonyl (C=O) groups excluding carboxylic acids is 1. The van der Waals surface area contributed by atoms with Crippen molar-refractivity contribution >= 4 is 29.5 Å². The van der Waals surface area contributed by atoms with Crippen LogP contribution in [-0.2, 0) is 14.0 Å². The number of nitrogens with zero attached hydrogens (tertiary/aromatic N) is 1. The fraction of sp³-hybridized carbons (Fsp3) is 0.444. The molecule has 2 heterocycles. The van der Waals surface area contributed by atoms with Gasteiger partial charge in [-0.25, -0.2) is 4.79 Å². The summed E-state index contributed by atoms with van der Waals surface area (Å²) in [5.74, 6) is -0.351. The van der Waals surface area contributed by atoms with Gasteiger partial charge < -0.3 is 14.0 Å². The molecule has 3 rings (SSSR count). The lowest BCUT2D eigenvalue weighted by Crippen LogP contribution is -2.41. The molecule has 24 heavy (non-hydrogen) atoms. The summed E-state index contributed by atoms with van der Waals surface area (Å²) in [6.45, 7) is 10.2. The molecule has 126 valence electrons. The Bertz CT molecular complexity index is 772. The van der Waals surface area contributed by atoms with Crippen LogP contribution in [0.5, 0.6) is 0 Å². The summed E-state index contributed by atoms with van der Waals surface area (Å²) in [6.07, 6.45) is 1.61. The van der Waals surface area contributed by atoms with Crippen LogP contribution in [0, 0.1) is 0 Å². The zero-order chi connectivity index (χ0) is 17.5. The quantitative estimate of drug-likeness (QED) is 0.641. The second kappa shape index (κ2) is 5.86. The molecule has 0 unspecified atom stereocenters. The van der Waals surface area contributed by atoms with Crippen molar-refractivity contribution in [1.29, 1.82) is 0 Å². The van der Waals surface area contributed by atoms with Crippen LogP contribution in [0.4, 0.5) is 0 Å². The zero-order valence-corrected chi connectivity index (χ0v) is 14.8. The number of ether oxygens (including phenoxy) is 1. The van der Waals surface area contributed by atoms with Gasteiger partial charge in [0.2, 0.25) is 0 Å². The Kier molecular flexibility index (Phi) is 4.14. The molecular formula is C18H22BNO4. The number of rotatable bonds is 3. The third kappa shape index (κ3) is 2.80. The fourth-order valence-corrected chi connectivity index (χ4v) is 2.68. The maximum atomic E-state index is 12.2. The topological polar surface area (TPSA) is 57.7 Å². The largest absolute Gasteiger partial charge is 0.494 e. The first-order valence-electron chi connectivity index (χ1n) is 8.16. The lowest BCUT2D eigenvalue weighted by molar-refractivity contribution is 0.00578. The third-order valence-corrected chi connectivity index (χ3v) is 4.79.